The smallest absolute Gasteiger partial charge is 0.171 e. The predicted octanol–water partition coefficient (Wildman–Crippen LogP) is 1.28. The van der Waals surface area contributed by atoms with Gasteiger partial charge in [0.1, 0.15) is 23.6 Å². The second-order valence-electron chi connectivity index (χ2n) is 5.32. The van der Waals surface area contributed by atoms with Crippen molar-refractivity contribution in [2.45, 2.75) is 70.0 Å². The third-order valence-electron chi connectivity index (χ3n) is 3.44. The molecular weight excluding hydrogens is 271 g/mol. The van der Waals surface area contributed by atoms with E-state index in [4.69, 9.17) is 9.47 Å². The van der Waals surface area contributed by atoms with Crippen molar-refractivity contribution in [3.63, 3.8) is 0 Å². The van der Waals surface area contributed by atoms with E-state index in [1.807, 2.05) is 0 Å². The third kappa shape index (κ3) is 3.38. The molecule has 0 amide bonds. The van der Waals surface area contributed by atoms with Crippen molar-refractivity contribution in [3.05, 3.63) is 0 Å². The van der Waals surface area contributed by atoms with Crippen molar-refractivity contribution in [2.24, 2.45) is 0 Å². The number of aliphatic hydroxyl groups is 3. The summed E-state index contributed by atoms with van der Waals surface area (Å²) in [6.07, 6.45) is -0.409. The second kappa shape index (κ2) is 6.20. The Morgan fingerprint density at radius 3 is 2.00 bits per heavy atom. The van der Waals surface area contributed by atoms with E-state index in [9.17, 15) is 19.9 Å². The molecule has 3 N–H and O–H groups in total. The Morgan fingerprint density at radius 2 is 1.68 bits per heavy atom. The van der Waals surface area contributed by atoms with Gasteiger partial charge in [-0.3, -0.25) is 0 Å². The average molecular weight is 296 g/mol. The summed E-state index contributed by atoms with van der Waals surface area (Å²) >= 11 is 0. The van der Waals surface area contributed by atoms with Crippen LogP contribution < -0.4 is 0 Å². The standard InChI is InChI=1S/C12H25O6P/c1-5-9(13)19(16,10(14)6-2)11(15)8-7-17-12(3,4)18-8/h8-11,13-15H,5-7H2,1-4H3/t8-,9?,10?,11+,19?/m0/s1. The van der Waals surface area contributed by atoms with Crippen LogP contribution in [0.5, 0.6) is 0 Å². The van der Waals surface area contributed by atoms with Crippen molar-refractivity contribution in [3.8, 4) is 0 Å². The maximum Gasteiger partial charge on any atom is 0.171 e. The SMILES string of the molecule is CCC(O)P(=O)(C(O)CC)[C@@H](O)[C@@H]1COC(C)(C)O1. The first-order valence-corrected chi connectivity index (χ1v) is 8.55. The van der Waals surface area contributed by atoms with E-state index in [2.05, 4.69) is 0 Å². The Morgan fingerprint density at radius 1 is 1.21 bits per heavy atom. The monoisotopic (exact) mass is 296 g/mol. The molecule has 1 fully saturated rings. The van der Waals surface area contributed by atoms with Gasteiger partial charge in [0.2, 0.25) is 0 Å². The van der Waals surface area contributed by atoms with Crippen LogP contribution in [-0.2, 0) is 14.0 Å². The van der Waals surface area contributed by atoms with E-state index in [1.165, 1.54) is 0 Å². The molecule has 19 heavy (non-hydrogen) atoms. The summed E-state index contributed by atoms with van der Waals surface area (Å²) in [5, 5.41) is 30.2. The molecule has 1 rings (SSSR count). The molecule has 1 heterocycles. The molecule has 0 aromatic heterocycles. The van der Waals surface area contributed by atoms with Crippen LogP contribution in [0.4, 0.5) is 0 Å². The van der Waals surface area contributed by atoms with Gasteiger partial charge in [0, 0.05) is 0 Å². The lowest BCUT2D eigenvalue weighted by molar-refractivity contribution is -0.145. The minimum atomic E-state index is -3.64. The van der Waals surface area contributed by atoms with Crippen molar-refractivity contribution in [1.82, 2.24) is 0 Å². The fraction of sp³-hybridized carbons (Fsp3) is 1.00. The summed E-state index contributed by atoms with van der Waals surface area (Å²) < 4.78 is 23.7. The summed E-state index contributed by atoms with van der Waals surface area (Å²) in [6.45, 7) is 6.78. The first-order chi connectivity index (χ1) is 8.69. The van der Waals surface area contributed by atoms with E-state index >= 15 is 0 Å². The molecule has 0 aliphatic carbocycles. The van der Waals surface area contributed by atoms with Crippen LogP contribution in [0.25, 0.3) is 0 Å². The topological polar surface area (TPSA) is 96.2 Å². The molecule has 0 bridgehead atoms. The van der Waals surface area contributed by atoms with Crippen LogP contribution in [0.1, 0.15) is 40.5 Å². The Labute approximate surface area is 114 Å². The zero-order valence-corrected chi connectivity index (χ0v) is 12.8. The Hall–Kier alpha value is 0.0300. The van der Waals surface area contributed by atoms with Crippen LogP contribution in [-0.4, -0.2) is 51.4 Å². The van der Waals surface area contributed by atoms with Crippen molar-refractivity contribution < 1.29 is 29.4 Å². The normalized spacial score (nSPS) is 30.6. The van der Waals surface area contributed by atoms with Crippen molar-refractivity contribution in [1.29, 1.82) is 0 Å². The molecule has 0 aromatic rings. The van der Waals surface area contributed by atoms with E-state index < -0.39 is 36.6 Å². The van der Waals surface area contributed by atoms with Crippen LogP contribution in [0, 0.1) is 0 Å². The van der Waals surface area contributed by atoms with Gasteiger partial charge in [-0.2, -0.15) is 0 Å². The van der Waals surface area contributed by atoms with Gasteiger partial charge in [0.05, 0.1) is 6.61 Å². The van der Waals surface area contributed by atoms with Crippen molar-refractivity contribution in [2.75, 3.05) is 6.61 Å². The molecule has 2 unspecified atom stereocenters. The fourth-order valence-electron chi connectivity index (χ4n) is 2.24. The highest BCUT2D eigenvalue weighted by atomic mass is 31.2. The molecule has 114 valence electrons. The number of hydrogen-bond acceptors (Lipinski definition) is 6. The molecule has 0 aromatic carbocycles. The lowest BCUT2D eigenvalue weighted by atomic mass is 10.4. The minimum Gasteiger partial charge on any atom is -0.385 e. The van der Waals surface area contributed by atoms with Gasteiger partial charge in [0.25, 0.3) is 0 Å². The first-order valence-electron chi connectivity index (χ1n) is 6.64. The maximum absolute atomic E-state index is 12.9. The first kappa shape index (κ1) is 17.1. The van der Waals surface area contributed by atoms with Gasteiger partial charge < -0.3 is 29.4 Å². The summed E-state index contributed by atoms with van der Waals surface area (Å²) in [6, 6.07) is 0. The molecule has 7 heteroatoms. The zero-order valence-electron chi connectivity index (χ0n) is 11.9. The fourth-order valence-corrected chi connectivity index (χ4v) is 5.15. The van der Waals surface area contributed by atoms with Gasteiger partial charge in [-0.05, 0) is 26.7 Å². The van der Waals surface area contributed by atoms with Crippen LogP contribution in [0.3, 0.4) is 0 Å². The van der Waals surface area contributed by atoms with Crippen LogP contribution in [0.2, 0.25) is 0 Å². The Balaban J connectivity index is 2.96. The summed E-state index contributed by atoms with van der Waals surface area (Å²) in [5.74, 6) is -4.78. The number of aliphatic hydroxyl groups excluding tert-OH is 3. The quantitative estimate of drug-likeness (QED) is 0.639. The minimum absolute atomic E-state index is 0.0883. The Kier molecular flexibility index (Phi) is 5.58. The number of hydrogen-bond donors (Lipinski definition) is 3. The maximum atomic E-state index is 12.9. The summed E-state index contributed by atoms with van der Waals surface area (Å²) in [4.78, 5) is 0. The van der Waals surface area contributed by atoms with E-state index in [-0.39, 0.29) is 19.4 Å². The van der Waals surface area contributed by atoms with Gasteiger partial charge >= 0.3 is 0 Å². The van der Waals surface area contributed by atoms with Gasteiger partial charge in [-0.15, -0.1) is 0 Å². The molecular formula is C12H25O6P. The van der Waals surface area contributed by atoms with E-state index in [1.54, 1.807) is 27.7 Å². The molecule has 1 aliphatic rings. The highest BCUT2D eigenvalue weighted by Crippen LogP contribution is 2.60. The van der Waals surface area contributed by atoms with Gasteiger partial charge in [-0.25, -0.2) is 0 Å². The number of rotatable bonds is 6. The molecule has 6 nitrogen and oxygen atoms in total. The van der Waals surface area contributed by atoms with Crippen molar-refractivity contribution >= 4 is 7.14 Å². The molecule has 0 saturated carbocycles. The molecule has 4 atom stereocenters. The average Bonchev–Trinajstić information content (AvgIpc) is 2.74. The molecule has 0 radical (unpaired) electrons. The largest absolute Gasteiger partial charge is 0.385 e. The Bertz CT molecular complexity index is 331. The lowest BCUT2D eigenvalue weighted by Crippen LogP contribution is -2.37. The second-order valence-corrected chi connectivity index (χ2v) is 8.57. The summed E-state index contributed by atoms with van der Waals surface area (Å²) in [7, 11) is -3.64. The third-order valence-corrected chi connectivity index (χ3v) is 7.19. The molecule has 1 saturated heterocycles. The van der Waals surface area contributed by atoms with Crippen LogP contribution >= 0.6 is 7.14 Å². The highest BCUT2D eigenvalue weighted by Gasteiger charge is 2.50. The lowest BCUT2D eigenvalue weighted by Gasteiger charge is -2.33. The van der Waals surface area contributed by atoms with Gasteiger partial charge in [-0.1, -0.05) is 13.8 Å². The molecule has 1 aliphatic heterocycles. The number of ether oxygens (including phenoxy) is 2. The summed E-state index contributed by atoms with van der Waals surface area (Å²) in [5.41, 5.74) is 0. The van der Waals surface area contributed by atoms with E-state index in [0.717, 1.165) is 0 Å². The van der Waals surface area contributed by atoms with Gasteiger partial charge in [0.15, 0.2) is 12.9 Å². The zero-order chi connectivity index (χ0) is 14.8. The van der Waals surface area contributed by atoms with Crippen LogP contribution in [0.15, 0.2) is 0 Å². The highest BCUT2D eigenvalue weighted by molar-refractivity contribution is 7.65. The van der Waals surface area contributed by atoms with E-state index in [0.29, 0.717) is 0 Å². The molecule has 0 spiro atoms. The predicted molar refractivity (Wildman–Crippen MR) is 71.1 cm³/mol.